The Hall–Kier alpha value is -2.31. The second-order valence-electron chi connectivity index (χ2n) is 5.77. The molecular formula is C16H18F2N4O. The number of aromatic amines is 1. The molecule has 1 atom stereocenters. The molecule has 0 saturated carbocycles. The number of nitrogens with zero attached hydrogens (tertiary/aromatic N) is 3. The minimum absolute atomic E-state index is 0.0745. The molecule has 0 radical (unpaired) electrons. The molecule has 0 aliphatic carbocycles. The first-order valence-electron chi connectivity index (χ1n) is 7.67. The predicted molar refractivity (Wildman–Crippen MR) is 79.5 cm³/mol. The van der Waals surface area contributed by atoms with Crippen molar-refractivity contribution in [1.82, 2.24) is 20.1 Å². The van der Waals surface area contributed by atoms with Crippen molar-refractivity contribution < 1.29 is 13.6 Å². The Kier molecular flexibility index (Phi) is 4.36. The van der Waals surface area contributed by atoms with Crippen LogP contribution in [0.25, 0.3) is 0 Å². The van der Waals surface area contributed by atoms with E-state index in [1.165, 1.54) is 12.1 Å². The molecule has 7 heteroatoms. The fraction of sp³-hybridized carbons (Fsp3) is 0.438. The lowest BCUT2D eigenvalue weighted by Gasteiger charge is -2.34. The van der Waals surface area contributed by atoms with E-state index < -0.39 is 11.6 Å². The zero-order chi connectivity index (χ0) is 16.4. The molecule has 3 rings (SSSR count). The highest BCUT2D eigenvalue weighted by Gasteiger charge is 2.31. The molecule has 1 amide bonds. The van der Waals surface area contributed by atoms with Crippen LogP contribution in [0.2, 0.25) is 0 Å². The van der Waals surface area contributed by atoms with E-state index in [-0.39, 0.29) is 23.9 Å². The van der Waals surface area contributed by atoms with Gasteiger partial charge in [0.15, 0.2) is 17.5 Å². The van der Waals surface area contributed by atoms with E-state index in [0.717, 1.165) is 25.3 Å². The Bertz CT molecular complexity index is 716. The third kappa shape index (κ3) is 3.23. The highest BCUT2D eigenvalue weighted by molar-refractivity contribution is 5.79. The molecule has 0 spiro atoms. The van der Waals surface area contributed by atoms with E-state index in [2.05, 4.69) is 15.2 Å². The molecule has 1 aromatic heterocycles. The molecule has 1 aromatic carbocycles. The van der Waals surface area contributed by atoms with E-state index in [1.54, 1.807) is 11.8 Å². The Balaban J connectivity index is 1.80. The van der Waals surface area contributed by atoms with Crippen LogP contribution in [0.1, 0.15) is 42.5 Å². The van der Waals surface area contributed by atoms with Gasteiger partial charge < -0.3 is 4.90 Å². The first-order chi connectivity index (χ1) is 11.1. The minimum Gasteiger partial charge on any atom is -0.332 e. The fourth-order valence-electron chi connectivity index (χ4n) is 2.96. The summed E-state index contributed by atoms with van der Waals surface area (Å²) in [5.74, 6) is -0.857. The number of carbonyl (C=O) groups is 1. The molecule has 5 nitrogen and oxygen atoms in total. The summed E-state index contributed by atoms with van der Waals surface area (Å²) in [7, 11) is 0. The Labute approximate surface area is 132 Å². The summed E-state index contributed by atoms with van der Waals surface area (Å²) in [4.78, 5) is 18.6. The van der Waals surface area contributed by atoms with Gasteiger partial charge in [0.1, 0.15) is 5.82 Å². The average molecular weight is 320 g/mol. The van der Waals surface area contributed by atoms with Crippen molar-refractivity contribution in [2.24, 2.45) is 0 Å². The Morgan fingerprint density at radius 1 is 1.39 bits per heavy atom. The minimum atomic E-state index is -0.955. The number of aromatic nitrogens is 3. The fourth-order valence-corrected chi connectivity index (χ4v) is 2.96. The van der Waals surface area contributed by atoms with Crippen LogP contribution in [0, 0.1) is 18.6 Å². The second kappa shape index (κ2) is 6.44. The second-order valence-corrected chi connectivity index (χ2v) is 5.77. The average Bonchev–Trinajstić information content (AvgIpc) is 2.98. The highest BCUT2D eigenvalue weighted by atomic mass is 19.2. The lowest BCUT2D eigenvalue weighted by atomic mass is 10.00. The molecular weight excluding hydrogens is 302 g/mol. The maximum atomic E-state index is 13.8. The van der Waals surface area contributed by atoms with Gasteiger partial charge in [-0.2, -0.15) is 5.10 Å². The molecule has 1 aliphatic rings. The first-order valence-corrected chi connectivity index (χ1v) is 7.67. The largest absolute Gasteiger partial charge is 0.332 e. The highest BCUT2D eigenvalue weighted by Crippen LogP contribution is 2.29. The number of aryl methyl sites for hydroxylation is 1. The summed E-state index contributed by atoms with van der Waals surface area (Å²) < 4.78 is 27.1. The Morgan fingerprint density at radius 3 is 2.96 bits per heavy atom. The zero-order valence-corrected chi connectivity index (χ0v) is 12.9. The van der Waals surface area contributed by atoms with Gasteiger partial charge >= 0.3 is 0 Å². The number of amides is 1. The van der Waals surface area contributed by atoms with Crippen LogP contribution < -0.4 is 0 Å². The summed E-state index contributed by atoms with van der Waals surface area (Å²) in [6, 6.07) is 3.68. The molecule has 1 N–H and O–H groups in total. The van der Waals surface area contributed by atoms with Crippen molar-refractivity contribution >= 4 is 5.91 Å². The summed E-state index contributed by atoms with van der Waals surface area (Å²) >= 11 is 0. The van der Waals surface area contributed by atoms with Crippen molar-refractivity contribution in [2.75, 3.05) is 6.54 Å². The standard InChI is InChI=1S/C16H18F2N4O/c1-10-19-16(21-20-10)13-7-2-3-8-22(13)14(23)9-11-5-4-6-12(17)15(11)18/h4-6,13H,2-3,7-9H2,1H3,(H,19,20,21). The monoisotopic (exact) mass is 320 g/mol. The number of rotatable bonds is 3. The first kappa shape index (κ1) is 15.6. The molecule has 1 unspecified atom stereocenters. The van der Waals surface area contributed by atoms with Crippen molar-refractivity contribution in [3.8, 4) is 0 Å². The third-order valence-corrected chi connectivity index (χ3v) is 4.11. The molecule has 1 fully saturated rings. The predicted octanol–water partition coefficient (Wildman–Crippen LogP) is 2.69. The van der Waals surface area contributed by atoms with Crippen LogP contribution in [0.5, 0.6) is 0 Å². The van der Waals surface area contributed by atoms with Crippen molar-refractivity contribution in [1.29, 1.82) is 0 Å². The van der Waals surface area contributed by atoms with Gasteiger partial charge in [0.25, 0.3) is 0 Å². The van der Waals surface area contributed by atoms with Gasteiger partial charge in [-0.25, -0.2) is 13.8 Å². The third-order valence-electron chi connectivity index (χ3n) is 4.11. The van der Waals surface area contributed by atoms with E-state index in [0.29, 0.717) is 18.2 Å². The Morgan fingerprint density at radius 2 is 2.22 bits per heavy atom. The summed E-state index contributed by atoms with van der Waals surface area (Å²) in [5.41, 5.74) is 0.0745. The number of nitrogens with one attached hydrogen (secondary N) is 1. The van der Waals surface area contributed by atoms with E-state index in [1.807, 2.05) is 0 Å². The number of H-pyrrole nitrogens is 1. The molecule has 2 heterocycles. The smallest absolute Gasteiger partial charge is 0.227 e. The SMILES string of the molecule is Cc1nc(C2CCCCN2C(=O)Cc2cccc(F)c2F)n[nH]1. The quantitative estimate of drug-likeness (QED) is 0.946. The molecule has 0 bridgehead atoms. The van der Waals surface area contributed by atoms with Gasteiger partial charge in [-0.05, 0) is 32.3 Å². The topological polar surface area (TPSA) is 61.9 Å². The number of hydrogen-bond donors (Lipinski definition) is 1. The number of hydrogen-bond acceptors (Lipinski definition) is 3. The van der Waals surface area contributed by atoms with Gasteiger partial charge in [-0.1, -0.05) is 12.1 Å². The van der Waals surface area contributed by atoms with Crippen LogP contribution in [0.15, 0.2) is 18.2 Å². The van der Waals surface area contributed by atoms with Gasteiger partial charge in [0.05, 0.1) is 12.5 Å². The van der Waals surface area contributed by atoms with Crippen LogP contribution in [-0.4, -0.2) is 32.5 Å². The summed E-state index contributed by atoms with van der Waals surface area (Å²) in [5, 5.41) is 6.93. The van der Waals surface area contributed by atoms with Crippen LogP contribution >= 0.6 is 0 Å². The maximum absolute atomic E-state index is 13.8. The number of piperidine rings is 1. The van der Waals surface area contributed by atoms with Gasteiger partial charge in [0.2, 0.25) is 5.91 Å². The number of likely N-dealkylation sites (tertiary alicyclic amines) is 1. The van der Waals surface area contributed by atoms with E-state index in [9.17, 15) is 13.6 Å². The summed E-state index contributed by atoms with van der Waals surface area (Å²) in [6.45, 7) is 2.38. The van der Waals surface area contributed by atoms with Gasteiger partial charge in [0, 0.05) is 12.1 Å². The number of carbonyl (C=O) groups excluding carboxylic acids is 1. The zero-order valence-electron chi connectivity index (χ0n) is 12.9. The van der Waals surface area contributed by atoms with E-state index >= 15 is 0 Å². The number of benzene rings is 1. The normalized spacial score (nSPS) is 18.2. The molecule has 1 aliphatic heterocycles. The van der Waals surface area contributed by atoms with Gasteiger partial charge in [-0.3, -0.25) is 9.89 Å². The van der Waals surface area contributed by atoms with Gasteiger partial charge in [-0.15, -0.1) is 0 Å². The summed E-state index contributed by atoms with van der Waals surface area (Å²) in [6.07, 6.45) is 2.48. The van der Waals surface area contributed by atoms with Crippen molar-refractivity contribution in [3.05, 3.63) is 47.0 Å². The number of halogens is 2. The van der Waals surface area contributed by atoms with E-state index in [4.69, 9.17) is 0 Å². The van der Waals surface area contributed by atoms with Crippen molar-refractivity contribution in [3.63, 3.8) is 0 Å². The molecule has 122 valence electrons. The van der Waals surface area contributed by atoms with Crippen LogP contribution in [0.3, 0.4) is 0 Å². The molecule has 2 aromatic rings. The lowest BCUT2D eigenvalue weighted by molar-refractivity contribution is -0.134. The van der Waals surface area contributed by atoms with Crippen molar-refractivity contribution in [2.45, 2.75) is 38.6 Å². The van der Waals surface area contributed by atoms with Crippen LogP contribution in [-0.2, 0) is 11.2 Å². The molecule has 1 saturated heterocycles. The maximum Gasteiger partial charge on any atom is 0.227 e. The molecule has 23 heavy (non-hydrogen) atoms. The lowest BCUT2D eigenvalue weighted by Crippen LogP contribution is -2.40. The van der Waals surface area contributed by atoms with Crippen LogP contribution in [0.4, 0.5) is 8.78 Å².